The van der Waals surface area contributed by atoms with Crippen LogP contribution in [0.3, 0.4) is 0 Å². The minimum Gasteiger partial charge on any atom is -0.437 e. The smallest absolute Gasteiger partial charge is 0.227 e. The second-order valence-corrected chi connectivity index (χ2v) is 22.3. The number of aryl methyl sites for hydroxylation is 1. The Morgan fingerprint density at radius 3 is 2.50 bits per heavy atom. The summed E-state index contributed by atoms with van der Waals surface area (Å²) in [5, 5.41) is 3.83. The van der Waals surface area contributed by atoms with Gasteiger partial charge in [-0.3, -0.25) is 0 Å². The van der Waals surface area contributed by atoms with Gasteiger partial charge in [-0.1, -0.05) is 110 Å². The maximum absolute atomic E-state index is 6.78. The molecule has 1 aliphatic carbocycles. The molecular weight excluding hydrogens is 651 g/mol. The van der Waals surface area contributed by atoms with Crippen LogP contribution in [0.25, 0.3) is 33.3 Å². The fourth-order valence-electron chi connectivity index (χ4n) is 9.82. The first kappa shape index (κ1) is 35.0. The fourth-order valence-corrected chi connectivity index (χ4v) is 11.5. The Balaban J connectivity index is 1.33. The van der Waals surface area contributed by atoms with Crippen LogP contribution in [0.5, 0.6) is 0 Å². The van der Waals surface area contributed by atoms with Crippen molar-refractivity contribution in [2.75, 3.05) is 13.1 Å². The topological polar surface area (TPSA) is 32.9 Å². The highest BCUT2D eigenvalue weighted by molar-refractivity contribution is 6.89. The van der Waals surface area contributed by atoms with Crippen LogP contribution in [0.4, 0.5) is 0 Å². The second-order valence-electron chi connectivity index (χ2n) is 17.3. The van der Waals surface area contributed by atoms with Gasteiger partial charge in [0.2, 0.25) is 17.1 Å². The number of aromatic nitrogens is 2. The largest absolute Gasteiger partial charge is 0.437 e. The molecule has 0 saturated heterocycles. The number of benzene rings is 2. The molecule has 8 rings (SSSR count). The summed E-state index contributed by atoms with van der Waals surface area (Å²) in [6, 6.07) is 21.0. The average Bonchev–Trinajstić information content (AvgIpc) is 3.77. The summed E-state index contributed by atoms with van der Waals surface area (Å²) in [6.45, 7) is 25.4. The third-order valence-electron chi connectivity index (χ3n) is 12.3. The standard InChI is InChI=1S/C47H57N3OSi/c1-9-25-49-28-31(5)45-37(21-19-33-20-22-38-39-23-24-40(30(3)4)48-47(39)51-46(38)44(33)41(49)10-2)35-17-13-14-18-36(35)42-27-34(26-32-15-11-12-16-32)43(29-50(42)45)52(6,7)8/h10,13-14,17-18,20,22-24,27,29-30,32,37,45H,2,5,9,11-12,15-16,19,21,25-26,28H2,1,3-4,6-8H3/q+2/b49-41-. The second kappa shape index (κ2) is 13.7. The molecule has 5 heterocycles. The summed E-state index contributed by atoms with van der Waals surface area (Å²) in [6.07, 6.45) is 14.4. The lowest BCUT2D eigenvalue weighted by atomic mass is 9.76. The maximum atomic E-state index is 6.78. The predicted octanol–water partition coefficient (Wildman–Crippen LogP) is 10.6. The minimum absolute atomic E-state index is 0.168. The number of pyridine rings is 2. The molecule has 268 valence electrons. The zero-order valence-corrected chi connectivity index (χ0v) is 33.4. The summed E-state index contributed by atoms with van der Waals surface area (Å²) < 4.78 is 12.0. The molecule has 52 heavy (non-hydrogen) atoms. The summed E-state index contributed by atoms with van der Waals surface area (Å²) >= 11 is 0. The number of allylic oxidation sites excluding steroid dienone is 1. The lowest BCUT2D eigenvalue weighted by Crippen LogP contribution is -2.55. The third-order valence-corrected chi connectivity index (χ3v) is 14.4. The van der Waals surface area contributed by atoms with Crippen LogP contribution in [-0.2, 0) is 12.8 Å². The van der Waals surface area contributed by atoms with Gasteiger partial charge >= 0.3 is 0 Å². The van der Waals surface area contributed by atoms with Crippen LogP contribution in [0.15, 0.2) is 90.0 Å². The molecule has 0 bridgehead atoms. The van der Waals surface area contributed by atoms with Crippen molar-refractivity contribution >= 4 is 41.0 Å². The number of rotatable bonds is 7. The van der Waals surface area contributed by atoms with Crippen molar-refractivity contribution in [3.8, 4) is 11.3 Å². The quantitative estimate of drug-likeness (QED) is 0.0958. The van der Waals surface area contributed by atoms with Gasteiger partial charge in [-0.05, 0) is 66.0 Å². The molecule has 3 aliphatic rings. The van der Waals surface area contributed by atoms with E-state index < -0.39 is 8.07 Å². The van der Waals surface area contributed by atoms with E-state index in [1.807, 2.05) is 0 Å². The van der Waals surface area contributed by atoms with Crippen molar-refractivity contribution in [1.82, 2.24) is 4.98 Å². The zero-order chi connectivity index (χ0) is 36.3. The van der Waals surface area contributed by atoms with Crippen LogP contribution >= 0.6 is 0 Å². The SMILES string of the molecule is C=C/C1=[N+](\CCC)CC(=C)C2C(CCc3ccc4c(oc5nc(C(C)C)ccc54)c31)c1ccccc1-c1cc(CC3CCCC3)c([Si](C)(C)C)c[n+]12. The van der Waals surface area contributed by atoms with E-state index >= 15 is 0 Å². The van der Waals surface area contributed by atoms with Crippen LogP contribution < -0.4 is 9.75 Å². The highest BCUT2D eigenvalue weighted by Crippen LogP contribution is 2.45. The van der Waals surface area contributed by atoms with Crippen LogP contribution in [0.1, 0.15) is 105 Å². The maximum Gasteiger partial charge on any atom is 0.227 e. The van der Waals surface area contributed by atoms with Gasteiger partial charge in [-0.2, -0.15) is 4.57 Å². The molecule has 0 amide bonds. The molecule has 0 spiro atoms. The Labute approximate surface area is 312 Å². The number of fused-ring (bicyclic) bond motifs is 11. The number of hydrogen-bond acceptors (Lipinski definition) is 2. The lowest BCUT2D eigenvalue weighted by Gasteiger charge is -2.34. The molecule has 5 aromatic rings. The van der Waals surface area contributed by atoms with E-state index in [1.165, 1.54) is 65.6 Å². The predicted molar refractivity (Wildman–Crippen MR) is 220 cm³/mol. The molecule has 2 aromatic carbocycles. The summed E-state index contributed by atoms with van der Waals surface area (Å²) in [5.74, 6) is 1.46. The average molecular weight is 708 g/mol. The van der Waals surface area contributed by atoms with E-state index in [1.54, 1.807) is 10.8 Å². The van der Waals surface area contributed by atoms with E-state index in [4.69, 9.17) is 16.0 Å². The van der Waals surface area contributed by atoms with E-state index in [9.17, 15) is 0 Å². The molecule has 4 nitrogen and oxygen atoms in total. The Hall–Kier alpha value is -4.09. The van der Waals surface area contributed by atoms with Crippen LogP contribution in [0.2, 0.25) is 19.6 Å². The van der Waals surface area contributed by atoms with Gasteiger partial charge in [0, 0.05) is 45.8 Å². The summed E-state index contributed by atoms with van der Waals surface area (Å²) in [7, 11) is -1.65. The molecular formula is C47H57N3OSi+2. The van der Waals surface area contributed by atoms with Crippen molar-refractivity contribution in [2.24, 2.45) is 5.92 Å². The van der Waals surface area contributed by atoms with Crippen molar-refractivity contribution in [3.05, 3.63) is 114 Å². The van der Waals surface area contributed by atoms with E-state index in [0.717, 1.165) is 71.7 Å². The van der Waals surface area contributed by atoms with Crippen molar-refractivity contribution in [3.63, 3.8) is 0 Å². The van der Waals surface area contributed by atoms with E-state index in [2.05, 4.69) is 123 Å². The normalized spacial score (nSPS) is 20.9. The van der Waals surface area contributed by atoms with Gasteiger partial charge in [-0.25, -0.2) is 9.56 Å². The highest BCUT2D eigenvalue weighted by atomic mass is 28.3. The first-order valence-electron chi connectivity index (χ1n) is 20.0. The highest BCUT2D eigenvalue weighted by Gasteiger charge is 2.45. The zero-order valence-electron chi connectivity index (χ0n) is 32.4. The molecule has 0 radical (unpaired) electrons. The first-order chi connectivity index (χ1) is 25.1. The van der Waals surface area contributed by atoms with Gasteiger partial charge < -0.3 is 4.42 Å². The fraction of sp³-hybridized carbons (Fsp3) is 0.426. The first-order valence-corrected chi connectivity index (χ1v) is 23.5. The van der Waals surface area contributed by atoms with E-state index in [0.29, 0.717) is 11.8 Å². The molecule has 5 heteroatoms. The Morgan fingerprint density at radius 1 is 1.00 bits per heavy atom. The van der Waals surface area contributed by atoms with E-state index in [-0.39, 0.29) is 6.04 Å². The van der Waals surface area contributed by atoms with Crippen LogP contribution in [-0.4, -0.2) is 36.4 Å². The molecule has 1 saturated carbocycles. The van der Waals surface area contributed by atoms with Gasteiger partial charge in [0.25, 0.3) is 0 Å². The Bertz CT molecular complexity index is 2240. The summed E-state index contributed by atoms with van der Waals surface area (Å²) in [5.41, 5.74) is 13.4. The van der Waals surface area contributed by atoms with Gasteiger partial charge in [0.15, 0.2) is 24.4 Å². The van der Waals surface area contributed by atoms with Gasteiger partial charge in [0.1, 0.15) is 6.54 Å². The Kier molecular flexibility index (Phi) is 9.22. The molecule has 1 fully saturated rings. The van der Waals surface area contributed by atoms with Crippen LogP contribution in [0, 0.1) is 5.92 Å². The molecule has 3 aromatic heterocycles. The van der Waals surface area contributed by atoms with Crippen molar-refractivity contribution in [1.29, 1.82) is 0 Å². The summed E-state index contributed by atoms with van der Waals surface area (Å²) in [4.78, 5) is 4.98. The monoisotopic (exact) mass is 707 g/mol. The minimum atomic E-state index is -1.65. The van der Waals surface area contributed by atoms with Gasteiger partial charge in [-0.15, -0.1) is 0 Å². The van der Waals surface area contributed by atoms with Gasteiger partial charge in [0.05, 0.1) is 25.1 Å². The Morgan fingerprint density at radius 2 is 1.77 bits per heavy atom. The van der Waals surface area contributed by atoms with Crippen molar-refractivity contribution < 1.29 is 13.6 Å². The molecule has 2 unspecified atom stereocenters. The molecule has 0 N–H and O–H groups in total. The number of hydrogen-bond donors (Lipinski definition) is 0. The molecule has 2 aliphatic heterocycles. The third kappa shape index (κ3) is 6.03. The lowest BCUT2D eigenvalue weighted by molar-refractivity contribution is -0.711. The molecule has 2 atom stereocenters. The number of furan rings is 1. The number of nitrogens with zero attached hydrogens (tertiary/aromatic N) is 3. The van der Waals surface area contributed by atoms with Crippen molar-refractivity contribution in [2.45, 2.75) is 110 Å².